The SMILES string of the molecule is C=CC(=O)N1CC(N[C@H]2CC[C@H](Nc3ncc(Cl)c(-c4cnn(C)c4CC4CC4)n3)CC2)C1. The Hall–Kier alpha value is -2.45. The predicted octanol–water partition coefficient (Wildman–Crippen LogP) is 3.19. The number of carbonyl (C=O) groups is 1. The minimum absolute atomic E-state index is 0.0224. The Bertz CT molecular complexity index is 1020. The van der Waals surface area contributed by atoms with Crippen LogP contribution in [0.15, 0.2) is 25.0 Å². The maximum atomic E-state index is 11.6. The first-order chi connectivity index (χ1) is 16.0. The monoisotopic (exact) mass is 469 g/mol. The summed E-state index contributed by atoms with van der Waals surface area (Å²) in [7, 11) is 1.99. The van der Waals surface area contributed by atoms with Crippen LogP contribution in [0, 0.1) is 5.92 Å². The number of nitrogens with zero attached hydrogens (tertiary/aromatic N) is 5. The zero-order valence-corrected chi connectivity index (χ0v) is 19.9. The van der Waals surface area contributed by atoms with Crippen LogP contribution < -0.4 is 10.6 Å². The van der Waals surface area contributed by atoms with Gasteiger partial charge >= 0.3 is 0 Å². The molecule has 176 valence electrons. The van der Waals surface area contributed by atoms with Crippen LogP contribution in [0.25, 0.3) is 11.3 Å². The number of aromatic nitrogens is 4. The van der Waals surface area contributed by atoms with Gasteiger partial charge in [0.1, 0.15) is 0 Å². The third-order valence-electron chi connectivity index (χ3n) is 7.14. The van der Waals surface area contributed by atoms with E-state index in [0.29, 0.717) is 29.1 Å². The first-order valence-electron chi connectivity index (χ1n) is 12.0. The first-order valence-corrected chi connectivity index (χ1v) is 12.4. The van der Waals surface area contributed by atoms with E-state index in [2.05, 4.69) is 27.3 Å². The molecule has 1 saturated heterocycles. The van der Waals surface area contributed by atoms with Crippen LogP contribution in [-0.4, -0.2) is 61.8 Å². The third-order valence-corrected chi connectivity index (χ3v) is 7.42. The predicted molar refractivity (Wildman–Crippen MR) is 129 cm³/mol. The summed E-state index contributed by atoms with van der Waals surface area (Å²) in [5.41, 5.74) is 2.97. The molecule has 33 heavy (non-hydrogen) atoms. The van der Waals surface area contributed by atoms with Crippen LogP contribution in [0.5, 0.6) is 0 Å². The van der Waals surface area contributed by atoms with Crippen LogP contribution >= 0.6 is 11.6 Å². The van der Waals surface area contributed by atoms with Gasteiger partial charge in [-0.25, -0.2) is 9.97 Å². The van der Waals surface area contributed by atoms with E-state index in [-0.39, 0.29) is 5.91 Å². The van der Waals surface area contributed by atoms with E-state index in [9.17, 15) is 4.79 Å². The van der Waals surface area contributed by atoms with Gasteiger partial charge in [-0.05, 0) is 56.9 Å². The summed E-state index contributed by atoms with van der Waals surface area (Å²) in [5.74, 6) is 1.41. The number of likely N-dealkylation sites (tertiary alicyclic amines) is 1. The molecule has 1 aliphatic heterocycles. The van der Waals surface area contributed by atoms with Crippen molar-refractivity contribution in [2.75, 3.05) is 18.4 Å². The molecule has 9 heteroatoms. The van der Waals surface area contributed by atoms with E-state index < -0.39 is 0 Å². The lowest BCUT2D eigenvalue weighted by atomic mass is 9.90. The highest BCUT2D eigenvalue weighted by Crippen LogP contribution is 2.37. The topological polar surface area (TPSA) is 88.0 Å². The van der Waals surface area contributed by atoms with Gasteiger partial charge in [0.15, 0.2) is 0 Å². The number of rotatable bonds is 8. The smallest absolute Gasteiger partial charge is 0.246 e. The molecule has 2 aromatic rings. The van der Waals surface area contributed by atoms with Gasteiger partial charge in [0.05, 0.1) is 23.1 Å². The Kier molecular flexibility index (Phi) is 6.38. The summed E-state index contributed by atoms with van der Waals surface area (Å²) in [6.07, 6.45) is 12.9. The van der Waals surface area contributed by atoms with Crippen molar-refractivity contribution in [1.29, 1.82) is 0 Å². The maximum absolute atomic E-state index is 11.6. The minimum Gasteiger partial charge on any atom is -0.351 e. The molecular formula is C24H32ClN7O. The van der Waals surface area contributed by atoms with Crippen molar-refractivity contribution in [2.24, 2.45) is 13.0 Å². The Morgan fingerprint density at radius 2 is 1.88 bits per heavy atom. The molecule has 0 atom stereocenters. The summed E-state index contributed by atoms with van der Waals surface area (Å²) >= 11 is 6.50. The molecule has 3 aliphatic rings. The van der Waals surface area contributed by atoms with E-state index in [0.717, 1.165) is 62.4 Å². The molecule has 2 N–H and O–H groups in total. The highest BCUT2D eigenvalue weighted by atomic mass is 35.5. The summed E-state index contributed by atoms with van der Waals surface area (Å²) < 4.78 is 1.95. The molecule has 2 aliphatic carbocycles. The van der Waals surface area contributed by atoms with Crippen LogP contribution in [0.3, 0.4) is 0 Å². The second-order valence-electron chi connectivity index (χ2n) is 9.67. The van der Waals surface area contributed by atoms with Crippen molar-refractivity contribution in [3.8, 4) is 11.3 Å². The molecule has 0 radical (unpaired) electrons. The number of carbonyl (C=O) groups excluding carboxylic acids is 1. The Morgan fingerprint density at radius 3 is 2.58 bits per heavy atom. The summed E-state index contributed by atoms with van der Waals surface area (Å²) in [6.45, 7) is 5.11. The van der Waals surface area contributed by atoms with E-state index >= 15 is 0 Å². The number of amides is 1. The van der Waals surface area contributed by atoms with E-state index in [1.807, 2.05) is 22.8 Å². The van der Waals surface area contributed by atoms with Crippen molar-refractivity contribution < 1.29 is 4.79 Å². The van der Waals surface area contributed by atoms with Gasteiger partial charge in [0.2, 0.25) is 11.9 Å². The van der Waals surface area contributed by atoms with Crippen molar-refractivity contribution in [3.63, 3.8) is 0 Å². The second kappa shape index (κ2) is 9.43. The highest BCUT2D eigenvalue weighted by molar-refractivity contribution is 6.32. The molecule has 0 spiro atoms. The van der Waals surface area contributed by atoms with Crippen LogP contribution in [0.2, 0.25) is 5.02 Å². The first kappa shape index (κ1) is 22.3. The zero-order chi connectivity index (χ0) is 22.9. The molecule has 0 bridgehead atoms. The fraction of sp³-hybridized carbons (Fsp3) is 0.583. The molecule has 3 fully saturated rings. The number of halogens is 1. The lowest BCUT2D eigenvalue weighted by molar-refractivity contribution is -0.130. The molecular weight excluding hydrogens is 438 g/mol. The molecule has 2 saturated carbocycles. The molecule has 2 aromatic heterocycles. The lowest BCUT2D eigenvalue weighted by Crippen LogP contribution is -2.61. The van der Waals surface area contributed by atoms with Gasteiger partial charge in [-0.2, -0.15) is 5.10 Å². The fourth-order valence-electron chi connectivity index (χ4n) is 4.94. The highest BCUT2D eigenvalue weighted by Gasteiger charge is 2.32. The summed E-state index contributed by atoms with van der Waals surface area (Å²) in [6, 6.07) is 1.24. The van der Waals surface area contributed by atoms with Gasteiger partial charge in [-0.1, -0.05) is 18.2 Å². The van der Waals surface area contributed by atoms with Crippen molar-refractivity contribution in [2.45, 2.75) is 63.1 Å². The minimum atomic E-state index is 0.0224. The van der Waals surface area contributed by atoms with Crippen molar-refractivity contribution >= 4 is 23.5 Å². The third kappa shape index (κ3) is 5.06. The molecule has 3 heterocycles. The zero-order valence-electron chi connectivity index (χ0n) is 19.1. The number of nitrogens with one attached hydrogen (secondary N) is 2. The van der Waals surface area contributed by atoms with Crippen molar-refractivity contribution in [1.82, 2.24) is 30.0 Å². The Morgan fingerprint density at radius 1 is 1.15 bits per heavy atom. The van der Waals surface area contributed by atoms with E-state index in [4.69, 9.17) is 16.6 Å². The van der Waals surface area contributed by atoms with Crippen molar-refractivity contribution in [3.05, 3.63) is 35.8 Å². The normalized spacial score (nSPS) is 23.3. The van der Waals surface area contributed by atoms with E-state index in [1.165, 1.54) is 24.6 Å². The van der Waals surface area contributed by atoms with Crippen LogP contribution in [0.4, 0.5) is 5.95 Å². The van der Waals surface area contributed by atoms with Gasteiger partial charge < -0.3 is 15.5 Å². The molecule has 5 rings (SSSR count). The fourth-order valence-corrected chi connectivity index (χ4v) is 5.13. The lowest BCUT2D eigenvalue weighted by Gasteiger charge is -2.42. The quantitative estimate of drug-likeness (QED) is 0.577. The van der Waals surface area contributed by atoms with Gasteiger partial charge in [0, 0.05) is 49.5 Å². The average Bonchev–Trinajstić information content (AvgIpc) is 3.54. The number of anilines is 1. The van der Waals surface area contributed by atoms with Crippen LogP contribution in [0.1, 0.15) is 44.2 Å². The molecule has 8 nitrogen and oxygen atoms in total. The number of aryl methyl sites for hydroxylation is 1. The van der Waals surface area contributed by atoms with Gasteiger partial charge in [-0.15, -0.1) is 0 Å². The summed E-state index contributed by atoms with van der Waals surface area (Å²) in [4.78, 5) is 22.7. The molecule has 0 unspecified atom stereocenters. The van der Waals surface area contributed by atoms with Gasteiger partial charge in [-0.3, -0.25) is 9.48 Å². The molecule has 1 amide bonds. The van der Waals surface area contributed by atoms with E-state index in [1.54, 1.807) is 6.20 Å². The molecule has 0 aromatic carbocycles. The van der Waals surface area contributed by atoms with Crippen LogP contribution in [-0.2, 0) is 18.3 Å². The second-order valence-corrected chi connectivity index (χ2v) is 10.1. The van der Waals surface area contributed by atoms with Gasteiger partial charge in [0.25, 0.3) is 0 Å². The Labute approximate surface area is 199 Å². The number of hydrogen-bond donors (Lipinski definition) is 2. The Balaban J connectivity index is 1.16. The average molecular weight is 470 g/mol. The largest absolute Gasteiger partial charge is 0.351 e. The maximum Gasteiger partial charge on any atom is 0.246 e. The summed E-state index contributed by atoms with van der Waals surface area (Å²) in [5, 5.41) is 12.3. The standard InChI is InChI=1S/C24H32ClN7O/c1-3-22(33)32-13-18(14-32)28-16-6-8-17(9-7-16)29-24-26-12-20(25)23(30-24)19-11-27-31(2)21(19)10-15-4-5-15/h3,11-12,15-18,28H,1,4-10,13-14H2,2H3,(H,26,29,30)/t16-,17-. The number of hydrogen-bond acceptors (Lipinski definition) is 6.